The molecule has 0 amide bonds. The lowest BCUT2D eigenvalue weighted by Gasteiger charge is -2.28. The van der Waals surface area contributed by atoms with Crippen LogP contribution >= 0.6 is 0 Å². The van der Waals surface area contributed by atoms with Gasteiger partial charge in [-0.3, -0.25) is 4.98 Å². The van der Waals surface area contributed by atoms with Crippen LogP contribution in [0, 0.1) is 6.92 Å². The van der Waals surface area contributed by atoms with Gasteiger partial charge in [0.05, 0.1) is 5.52 Å². The first-order chi connectivity index (χ1) is 13.5. The lowest BCUT2D eigenvalue weighted by atomic mass is 10.1. The molecule has 0 saturated heterocycles. The van der Waals surface area contributed by atoms with Crippen LogP contribution in [-0.2, 0) is 23.0 Å². The molecule has 1 aliphatic heterocycles. The number of aryl methyl sites for hydroxylation is 1. The van der Waals surface area contributed by atoms with Gasteiger partial charge in [0.1, 0.15) is 4.90 Å². The third-order valence-electron chi connectivity index (χ3n) is 5.13. The average molecular weight is 390 g/mol. The standard InChI is InChI=1S/C21H18N4O2S/c1-14-10-16-11-17-13-25(9-7-18(17)24-21(16)23-12-14)28(26,27)19-6-2-4-15-5-3-8-22-20(15)19/h2-6,8,10-12H,7,9,13H2,1H3. The predicted molar refractivity (Wildman–Crippen MR) is 107 cm³/mol. The summed E-state index contributed by atoms with van der Waals surface area (Å²) in [5, 5.41) is 1.75. The third-order valence-corrected chi connectivity index (χ3v) is 7.01. The molecule has 3 aromatic heterocycles. The maximum Gasteiger partial charge on any atom is 0.245 e. The number of fused-ring (bicyclic) bond motifs is 3. The van der Waals surface area contributed by atoms with Crippen molar-refractivity contribution in [3.63, 3.8) is 0 Å². The number of hydrogen-bond acceptors (Lipinski definition) is 5. The number of sulfonamides is 1. The Kier molecular flexibility index (Phi) is 3.89. The molecule has 5 rings (SSSR count). The van der Waals surface area contributed by atoms with Crippen molar-refractivity contribution < 1.29 is 8.42 Å². The molecule has 140 valence electrons. The van der Waals surface area contributed by atoms with Crippen LogP contribution in [0.5, 0.6) is 0 Å². The Morgan fingerprint density at radius 1 is 1.04 bits per heavy atom. The molecule has 1 aliphatic rings. The topological polar surface area (TPSA) is 76.1 Å². The van der Waals surface area contributed by atoms with E-state index >= 15 is 0 Å². The van der Waals surface area contributed by atoms with E-state index in [1.807, 2.05) is 37.3 Å². The summed E-state index contributed by atoms with van der Waals surface area (Å²) in [5.41, 5.74) is 4.12. The van der Waals surface area contributed by atoms with Gasteiger partial charge in [0.15, 0.2) is 5.65 Å². The van der Waals surface area contributed by atoms with E-state index in [1.54, 1.807) is 24.5 Å². The van der Waals surface area contributed by atoms with Crippen LogP contribution in [0.25, 0.3) is 21.9 Å². The number of benzene rings is 1. The second kappa shape index (κ2) is 6.32. The number of para-hydroxylation sites is 1. The van der Waals surface area contributed by atoms with E-state index in [2.05, 4.69) is 15.0 Å². The molecule has 0 N–H and O–H groups in total. The molecule has 4 heterocycles. The van der Waals surface area contributed by atoms with E-state index in [0.29, 0.717) is 30.7 Å². The van der Waals surface area contributed by atoms with Gasteiger partial charge in [-0.1, -0.05) is 18.2 Å². The summed E-state index contributed by atoms with van der Waals surface area (Å²) < 4.78 is 28.3. The maximum atomic E-state index is 13.4. The minimum atomic E-state index is -3.67. The van der Waals surface area contributed by atoms with Crippen molar-refractivity contribution >= 4 is 32.0 Å². The summed E-state index contributed by atoms with van der Waals surface area (Å²) in [6.45, 7) is 2.68. The fourth-order valence-corrected chi connectivity index (χ4v) is 5.32. The van der Waals surface area contributed by atoms with Crippen LogP contribution in [0.1, 0.15) is 16.8 Å². The van der Waals surface area contributed by atoms with Gasteiger partial charge in [0.2, 0.25) is 10.0 Å². The Hall–Kier alpha value is -2.90. The van der Waals surface area contributed by atoms with Gasteiger partial charge in [-0.2, -0.15) is 4.31 Å². The highest BCUT2D eigenvalue weighted by molar-refractivity contribution is 7.89. The molecule has 6 nitrogen and oxygen atoms in total. The molecule has 0 atom stereocenters. The van der Waals surface area contributed by atoms with Gasteiger partial charge in [0, 0.05) is 48.4 Å². The maximum absolute atomic E-state index is 13.4. The molecule has 0 saturated carbocycles. The molecule has 4 aromatic rings. The van der Waals surface area contributed by atoms with Gasteiger partial charge < -0.3 is 0 Å². The first-order valence-electron chi connectivity index (χ1n) is 9.11. The molecule has 0 bridgehead atoms. The summed E-state index contributed by atoms with van der Waals surface area (Å²) in [6.07, 6.45) is 3.99. The SMILES string of the molecule is Cc1cnc2nc3c(cc2c1)CN(S(=O)(=O)c1cccc2cccnc12)CC3. The zero-order valence-electron chi connectivity index (χ0n) is 15.3. The van der Waals surface area contributed by atoms with Crippen molar-refractivity contribution in [1.82, 2.24) is 19.3 Å². The minimum absolute atomic E-state index is 0.250. The van der Waals surface area contributed by atoms with E-state index in [1.165, 1.54) is 4.31 Å². The van der Waals surface area contributed by atoms with Crippen LogP contribution in [0.4, 0.5) is 0 Å². The van der Waals surface area contributed by atoms with Crippen LogP contribution in [0.2, 0.25) is 0 Å². The van der Waals surface area contributed by atoms with Gasteiger partial charge in [-0.05, 0) is 42.3 Å². The zero-order chi connectivity index (χ0) is 19.3. The van der Waals surface area contributed by atoms with E-state index in [9.17, 15) is 8.42 Å². The smallest absolute Gasteiger partial charge is 0.245 e. The molecular weight excluding hydrogens is 372 g/mol. The Balaban J connectivity index is 1.58. The predicted octanol–water partition coefficient (Wildman–Crippen LogP) is 3.23. The second-order valence-corrected chi connectivity index (χ2v) is 8.98. The van der Waals surface area contributed by atoms with Crippen molar-refractivity contribution in [3.8, 4) is 0 Å². The van der Waals surface area contributed by atoms with E-state index < -0.39 is 10.0 Å². The molecule has 7 heteroatoms. The first kappa shape index (κ1) is 17.2. The van der Waals surface area contributed by atoms with E-state index in [4.69, 9.17) is 0 Å². The Bertz CT molecular complexity index is 1330. The number of pyridine rings is 3. The van der Waals surface area contributed by atoms with Crippen LogP contribution < -0.4 is 0 Å². The van der Waals surface area contributed by atoms with Crippen molar-refractivity contribution in [2.75, 3.05) is 6.54 Å². The Morgan fingerprint density at radius 2 is 1.89 bits per heavy atom. The normalized spacial score (nSPS) is 15.0. The highest BCUT2D eigenvalue weighted by atomic mass is 32.2. The van der Waals surface area contributed by atoms with Crippen molar-refractivity contribution in [3.05, 3.63) is 71.7 Å². The fourth-order valence-electron chi connectivity index (χ4n) is 3.74. The summed E-state index contributed by atoms with van der Waals surface area (Å²) in [5.74, 6) is 0. The molecule has 0 unspecified atom stereocenters. The molecule has 0 fully saturated rings. The van der Waals surface area contributed by atoms with Gasteiger partial charge in [-0.25, -0.2) is 18.4 Å². The van der Waals surface area contributed by atoms with Gasteiger partial charge in [-0.15, -0.1) is 0 Å². The highest BCUT2D eigenvalue weighted by Crippen LogP contribution is 2.29. The molecule has 0 spiro atoms. The number of hydrogen-bond donors (Lipinski definition) is 0. The molecule has 0 aliphatic carbocycles. The summed E-state index contributed by atoms with van der Waals surface area (Å²) >= 11 is 0. The quantitative estimate of drug-likeness (QED) is 0.525. The zero-order valence-corrected chi connectivity index (χ0v) is 16.1. The van der Waals surface area contributed by atoms with Crippen LogP contribution in [-0.4, -0.2) is 34.2 Å². The Morgan fingerprint density at radius 3 is 2.79 bits per heavy atom. The lowest BCUT2D eigenvalue weighted by Crippen LogP contribution is -2.36. The number of rotatable bonds is 2. The molecular formula is C21H18N4O2S. The number of aromatic nitrogens is 3. The third kappa shape index (κ3) is 2.75. The molecule has 0 radical (unpaired) electrons. The van der Waals surface area contributed by atoms with E-state index in [-0.39, 0.29) is 4.90 Å². The van der Waals surface area contributed by atoms with Gasteiger partial charge >= 0.3 is 0 Å². The molecule has 28 heavy (non-hydrogen) atoms. The largest absolute Gasteiger partial charge is 0.255 e. The first-order valence-corrected chi connectivity index (χ1v) is 10.6. The summed E-state index contributed by atoms with van der Waals surface area (Å²) in [7, 11) is -3.67. The molecule has 1 aromatic carbocycles. The number of nitrogens with zero attached hydrogens (tertiary/aromatic N) is 4. The fraction of sp³-hybridized carbons (Fsp3) is 0.190. The van der Waals surface area contributed by atoms with Crippen molar-refractivity contribution in [2.24, 2.45) is 0 Å². The van der Waals surface area contributed by atoms with E-state index in [0.717, 1.165) is 27.6 Å². The average Bonchev–Trinajstić information content (AvgIpc) is 2.71. The van der Waals surface area contributed by atoms with Crippen LogP contribution in [0.3, 0.4) is 0 Å². The minimum Gasteiger partial charge on any atom is -0.255 e. The monoisotopic (exact) mass is 390 g/mol. The summed E-state index contributed by atoms with van der Waals surface area (Å²) in [4.78, 5) is 13.6. The Labute approximate surface area is 162 Å². The summed E-state index contributed by atoms with van der Waals surface area (Å²) in [6, 6.07) is 13.0. The highest BCUT2D eigenvalue weighted by Gasteiger charge is 2.30. The van der Waals surface area contributed by atoms with Crippen molar-refractivity contribution in [1.29, 1.82) is 0 Å². The lowest BCUT2D eigenvalue weighted by molar-refractivity contribution is 0.389. The van der Waals surface area contributed by atoms with Crippen LogP contribution in [0.15, 0.2) is 59.8 Å². The van der Waals surface area contributed by atoms with Gasteiger partial charge in [0.25, 0.3) is 0 Å². The second-order valence-electron chi connectivity index (χ2n) is 7.07. The van der Waals surface area contributed by atoms with Crippen molar-refractivity contribution in [2.45, 2.75) is 24.8 Å².